The van der Waals surface area contributed by atoms with Crippen LogP contribution >= 0.6 is 0 Å². The SMILES string of the molecule is CCC(C)N1C[C@H]2CCC[C@H](C1)C21NC(=O)NC1=O. The van der Waals surface area contributed by atoms with Gasteiger partial charge in [-0.3, -0.25) is 15.0 Å². The van der Waals surface area contributed by atoms with Crippen LogP contribution in [0.4, 0.5) is 4.79 Å². The smallest absolute Gasteiger partial charge is 0.322 e. The van der Waals surface area contributed by atoms with E-state index in [0.29, 0.717) is 6.04 Å². The fraction of sp³-hybridized carbons (Fsp3) is 0.857. The second kappa shape index (κ2) is 4.47. The molecule has 0 aromatic carbocycles. The van der Waals surface area contributed by atoms with Gasteiger partial charge in [0.25, 0.3) is 5.91 Å². The van der Waals surface area contributed by atoms with Gasteiger partial charge in [0.2, 0.25) is 0 Å². The number of likely N-dealkylation sites (tertiary alicyclic amines) is 1. The fourth-order valence-corrected chi connectivity index (χ4v) is 4.19. The molecule has 1 aliphatic carbocycles. The van der Waals surface area contributed by atoms with E-state index in [0.717, 1.165) is 32.4 Å². The van der Waals surface area contributed by atoms with Crippen molar-refractivity contribution < 1.29 is 9.59 Å². The lowest BCUT2D eigenvalue weighted by molar-refractivity contribution is -0.135. The monoisotopic (exact) mass is 265 g/mol. The van der Waals surface area contributed by atoms with Gasteiger partial charge in [-0.1, -0.05) is 13.3 Å². The van der Waals surface area contributed by atoms with Crippen LogP contribution in [0.1, 0.15) is 39.5 Å². The lowest BCUT2D eigenvalue weighted by atomic mass is 9.63. The van der Waals surface area contributed by atoms with Gasteiger partial charge < -0.3 is 5.32 Å². The number of hydrogen-bond donors (Lipinski definition) is 2. The Morgan fingerprint density at radius 2 is 1.95 bits per heavy atom. The molecule has 2 aliphatic heterocycles. The molecule has 3 rings (SSSR count). The molecule has 106 valence electrons. The Balaban J connectivity index is 1.89. The van der Waals surface area contributed by atoms with Gasteiger partial charge in [-0.2, -0.15) is 0 Å². The maximum atomic E-state index is 12.3. The predicted molar refractivity (Wildman–Crippen MR) is 71.6 cm³/mol. The minimum atomic E-state index is -0.612. The quantitative estimate of drug-likeness (QED) is 0.735. The van der Waals surface area contributed by atoms with Crippen molar-refractivity contribution in [2.75, 3.05) is 13.1 Å². The number of imide groups is 1. The first-order valence-corrected chi connectivity index (χ1v) is 7.45. The Kier molecular flexibility index (Phi) is 3.04. The van der Waals surface area contributed by atoms with Gasteiger partial charge in [0.05, 0.1) is 0 Å². The van der Waals surface area contributed by atoms with Gasteiger partial charge in [0.1, 0.15) is 5.54 Å². The highest BCUT2D eigenvalue weighted by atomic mass is 16.2. The summed E-state index contributed by atoms with van der Waals surface area (Å²) < 4.78 is 0. The predicted octanol–water partition coefficient (Wildman–Crippen LogP) is 1.09. The first-order chi connectivity index (χ1) is 9.07. The zero-order chi connectivity index (χ0) is 13.6. The van der Waals surface area contributed by atoms with Crippen LogP contribution in [0, 0.1) is 11.8 Å². The Morgan fingerprint density at radius 3 is 2.42 bits per heavy atom. The van der Waals surface area contributed by atoms with E-state index in [9.17, 15) is 9.59 Å². The first-order valence-electron chi connectivity index (χ1n) is 7.45. The molecule has 3 aliphatic rings. The number of urea groups is 1. The molecule has 3 amide bonds. The van der Waals surface area contributed by atoms with Crippen molar-refractivity contribution >= 4 is 11.9 Å². The molecule has 2 N–H and O–H groups in total. The molecule has 5 nitrogen and oxygen atoms in total. The van der Waals surface area contributed by atoms with E-state index in [1.165, 1.54) is 6.42 Å². The molecule has 2 heterocycles. The maximum Gasteiger partial charge on any atom is 0.322 e. The number of hydrogen-bond acceptors (Lipinski definition) is 3. The number of carbonyl (C=O) groups excluding carboxylic acids is 2. The van der Waals surface area contributed by atoms with E-state index in [1.807, 2.05) is 0 Å². The van der Waals surface area contributed by atoms with Crippen LogP contribution in [0.15, 0.2) is 0 Å². The molecule has 0 radical (unpaired) electrons. The lowest BCUT2D eigenvalue weighted by Gasteiger charge is -2.53. The van der Waals surface area contributed by atoms with E-state index in [2.05, 4.69) is 29.4 Å². The molecule has 0 aromatic heterocycles. The van der Waals surface area contributed by atoms with Gasteiger partial charge >= 0.3 is 6.03 Å². The average Bonchev–Trinajstić information content (AvgIpc) is 2.64. The Hall–Kier alpha value is -1.10. The normalized spacial score (nSPS) is 40.1. The summed E-state index contributed by atoms with van der Waals surface area (Å²) in [5.41, 5.74) is -0.612. The molecule has 2 saturated heterocycles. The maximum absolute atomic E-state index is 12.3. The number of carbonyl (C=O) groups is 2. The van der Waals surface area contributed by atoms with Crippen LogP contribution in [0.2, 0.25) is 0 Å². The number of piperidine rings is 1. The van der Waals surface area contributed by atoms with Gasteiger partial charge in [-0.05, 0) is 26.2 Å². The van der Waals surface area contributed by atoms with E-state index >= 15 is 0 Å². The zero-order valence-electron chi connectivity index (χ0n) is 11.7. The summed E-state index contributed by atoms with van der Waals surface area (Å²) in [5, 5.41) is 5.43. The summed E-state index contributed by atoms with van der Waals surface area (Å²) in [5.74, 6) is 0.442. The molecule has 2 bridgehead atoms. The minimum Gasteiger partial charge on any atom is -0.323 e. The zero-order valence-corrected chi connectivity index (χ0v) is 11.7. The summed E-state index contributed by atoms with van der Waals surface area (Å²) in [6, 6.07) is 0.250. The van der Waals surface area contributed by atoms with E-state index < -0.39 is 5.54 Å². The first kappa shape index (κ1) is 12.9. The van der Waals surface area contributed by atoms with Crippen LogP contribution in [0.3, 0.4) is 0 Å². The van der Waals surface area contributed by atoms with Gasteiger partial charge in [0.15, 0.2) is 0 Å². The number of rotatable bonds is 2. The minimum absolute atomic E-state index is 0.0870. The Morgan fingerprint density at radius 1 is 1.32 bits per heavy atom. The van der Waals surface area contributed by atoms with Crippen LogP contribution in [0.5, 0.6) is 0 Å². The molecule has 1 spiro atoms. The topological polar surface area (TPSA) is 61.4 Å². The van der Waals surface area contributed by atoms with E-state index in [4.69, 9.17) is 0 Å². The Bertz CT molecular complexity index is 395. The standard InChI is InChI=1S/C14H23N3O2/c1-3-9(2)17-7-10-5-4-6-11(8-17)14(10)12(18)15-13(19)16-14/h9-11H,3-8H2,1-2H3,(H2,15,16,18,19)/t9?,10-,11-/m1/s1. The fourth-order valence-electron chi connectivity index (χ4n) is 4.19. The molecule has 5 heteroatoms. The molecule has 3 fully saturated rings. The average molecular weight is 265 g/mol. The molecule has 19 heavy (non-hydrogen) atoms. The van der Waals surface area contributed by atoms with Crippen molar-refractivity contribution in [3.63, 3.8) is 0 Å². The molecular weight excluding hydrogens is 242 g/mol. The summed E-state index contributed by atoms with van der Waals surface area (Å²) in [6.45, 7) is 6.31. The van der Waals surface area contributed by atoms with Crippen LogP contribution < -0.4 is 10.6 Å². The van der Waals surface area contributed by atoms with Crippen molar-refractivity contribution in [2.24, 2.45) is 11.8 Å². The van der Waals surface area contributed by atoms with Gasteiger partial charge in [0, 0.05) is 31.0 Å². The van der Waals surface area contributed by atoms with Crippen LogP contribution in [0.25, 0.3) is 0 Å². The van der Waals surface area contributed by atoms with Crippen molar-refractivity contribution in [2.45, 2.75) is 51.1 Å². The molecular formula is C14H23N3O2. The van der Waals surface area contributed by atoms with E-state index in [1.54, 1.807) is 0 Å². The lowest BCUT2D eigenvalue weighted by Crippen LogP contribution is -2.68. The van der Waals surface area contributed by atoms with Gasteiger partial charge in [-0.25, -0.2) is 4.79 Å². The molecule has 3 atom stereocenters. The highest BCUT2D eigenvalue weighted by Crippen LogP contribution is 2.45. The molecule has 0 aromatic rings. The Labute approximate surface area is 114 Å². The third kappa shape index (κ3) is 1.78. The number of nitrogens with zero attached hydrogens (tertiary/aromatic N) is 1. The second-order valence-electron chi connectivity index (χ2n) is 6.31. The summed E-state index contributed by atoms with van der Waals surface area (Å²) >= 11 is 0. The summed E-state index contributed by atoms with van der Waals surface area (Å²) in [6.07, 6.45) is 4.38. The highest BCUT2D eigenvalue weighted by molar-refractivity contribution is 6.07. The van der Waals surface area contributed by atoms with Crippen LogP contribution in [-0.4, -0.2) is 41.5 Å². The third-order valence-electron chi connectivity index (χ3n) is 5.44. The van der Waals surface area contributed by atoms with Crippen molar-refractivity contribution in [1.29, 1.82) is 0 Å². The van der Waals surface area contributed by atoms with Crippen molar-refractivity contribution in [3.05, 3.63) is 0 Å². The van der Waals surface area contributed by atoms with E-state index in [-0.39, 0.29) is 23.8 Å². The van der Waals surface area contributed by atoms with Crippen molar-refractivity contribution in [1.82, 2.24) is 15.5 Å². The molecule has 1 unspecified atom stereocenters. The van der Waals surface area contributed by atoms with Crippen molar-refractivity contribution in [3.8, 4) is 0 Å². The number of amides is 3. The van der Waals surface area contributed by atoms with Gasteiger partial charge in [-0.15, -0.1) is 0 Å². The summed E-state index contributed by atoms with van der Waals surface area (Å²) in [7, 11) is 0. The summed E-state index contributed by atoms with van der Waals surface area (Å²) in [4.78, 5) is 26.4. The van der Waals surface area contributed by atoms with Crippen LogP contribution in [-0.2, 0) is 4.79 Å². The third-order valence-corrected chi connectivity index (χ3v) is 5.44. The molecule has 1 saturated carbocycles. The second-order valence-corrected chi connectivity index (χ2v) is 6.31. The largest absolute Gasteiger partial charge is 0.323 e. The number of nitrogens with one attached hydrogen (secondary N) is 2. The highest BCUT2D eigenvalue weighted by Gasteiger charge is 2.60.